The number of nitrogens with zero attached hydrogens (tertiary/aromatic N) is 3. The number of aromatic nitrogens is 2. The topological polar surface area (TPSA) is 76.3 Å². The Labute approximate surface area is 120 Å². The van der Waals surface area contributed by atoms with Crippen LogP contribution in [0.15, 0.2) is 0 Å². The highest BCUT2D eigenvalue weighted by Gasteiger charge is 2.27. The molecule has 2 heterocycles. The summed E-state index contributed by atoms with van der Waals surface area (Å²) >= 11 is 0. The van der Waals surface area contributed by atoms with Crippen LogP contribution in [0.4, 0.5) is 11.6 Å². The average Bonchev–Trinajstić information content (AvgIpc) is 2.43. The number of rotatable bonds is 4. The highest BCUT2D eigenvalue weighted by Crippen LogP contribution is 2.27. The van der Waals surface area contributed by atoms with Crippen molar-refractivity contribution < 1.29 is 4.74 Å². The standard InChI is InChI=1S/C14H25N5O/c1-5-6-12-16-13(18-15)11(4)14(17-12)19-7-10(3)20-8-9(19)2/h9-10H,5-8,15H2,1-4H3,(H,16,17,18). The first kappa shape index (κ1) is 15.0. The van der Waals surface area contributed by atoms with Crippen LogP contribution in [0.1, 0.15) is 38.6 Å². The zero-order valence-corrected chi connectivity index (χ0v) is 12.8. The number of nitrogens with two attached hydrogens (primary N) is 1. The van der Waals surface area contributed by atoms with Gasteiger partial charge < -0.3 is 15.1 Å². The van der Waals surface area contributed by atoms with Crippen molar-refractivity contribution in [3.63, 3.8) is 0 Å². The van der Waals surface area contributed by atoms with Crippen LogP contribution in [0.5, 0.6) is 0 Å². The molecule has 6 nitrogen and oxygen atoms in total. The van der Waals surface area contributed by atoms with E-state index in [0.717, 1.165) is 43.2 Å². The van der Waals surface area contributed by atoms with Gasteiger partial charge in [0.1, 0.15) is 17.5 Å². The molecule has 2 unspecified atom stereocenters. The van der Waals surface area contributed by atoms with E-state index in [1.165, 1.54) is 0 Å². The summed E-state index contributed by atoms with van der Waals surface area (Å²) in [5.74, 6) is 8.12. The lowest BCUT2D eigenvalue weighted by Gasteiger charge is -2.38. The number of nitrogen functional groups attached to an aromatic ring is 1. The Morgan fingerprint density at radius 3 is 2.80 bits per heavy atom. The Hall–Kier alpha value is -1.40. The predicted molar refractivity (Wildman–Crippen MR) is 80.8 cm³/mol. The van der Waals surface area contributed by atoms with E-state index in [1.54, 1.807) is 0 Å². The Morgan fingerprint density at radius 1 is 1.40 bits per heavy atom. The largest absolute Gasteiger partial charge is 0.375 e. The number of anilines is 2. The summed E-state index contributed by atoms with van der Waals surface area (Å²) in [6, 6.07) is 0.305. The third-order valence-electron chi connectivity index (χ3n) is 3.66. The van der Waals surface area contributed by atoms with Crippen LogP contribution >= 0.6 is 0 Å². The van der Waals surface area contributed by atoms with Crippen molar-refractivity contribution in [2.24, 2.45) is 5.84 Å². The molecule has 0 bridgehead atoms. The molecule has 0 amide bonds. The number of nitrogens with one attached hydrogen (secondary N) is 1. The maximum atomic E-state index is 5.69. The Balaban J connectivity index is 2.40. The van der Waals surface area contributed by atoms with Crippen molar-refractivity contribution in [3.05, 3.63) is 11.4 Å². The zero-order chi connectivity index (χ0) is 14.7. The van der Waals surface area contributed by atoms with Crippen LogP contribution < -0.4 is 16.2 Å². The van der Waals surface area contributed by atoms with Gasteiger partial charge in [0.15, 0.2) is 0 Å². The minimum atomic E-state index is 0.212. The number of aryl methyl sites for hydroxylation is 1. The molecule has 0 radical (unpaired) electrons. The van der Waals surface area contributed by atoms with Gasteiger partial charge in [-0.05, 0) is 27.2 Å². The van der Waals surface area contributed by atoms with E-state index in [2.05, 4.69) is 36.1 Å². The van der Waals surface area contributed by atoms with Gasteiger partial charge in [0.05, 0.1) is 18.8 Å². The van der Waals surface area contributed by atoms with E-state index in [9.17, 15) is 0 Å². The van der Waals surface area contributed by atoms with Crippen molar-refractivity contribution in [2.45, 2.75) is 52.7 Å². The second-order valence-electron chi connectivity index (χ2n) is 5.48. The first-order valence-electron chi connectivity index (χ1n) is 7.29. The molecule has 1 aromatic heterocycles. The summed E-state index contributed by atoms with van der Waals surface area (Å²) in [4.78, 5) is 11.5. The summed E-state index contributed by atoms with van der Waals surface area (Å²) in [6.45, 7) is 9.94. The molecule has 0 aromatic carbocycles. The summed E-state index contributed by atoms with van der Waals surface area (Å²) in [7, 11) is 0. The number of ether oxygens (including phenoxy) is 1. The molecule has 0 saturated carbocycles. The molecule has 0 aliphatic carbocycles. The van der Waals surface area contributed by atoms with E-state index >= 15 is 0 Å². The lowest BCUT2D eigenvalue weighted by Crippen LogP contribution is -2.48. The molecule has 2 rings (SSSR count). The van der Waals surface area contributed by atoms with Gasteiger partial charge in [-0.3, -0.25) is 0 Å². The van der Waals surface area contributed by atoms with E-state index in [-0.39, 0.29) is 6.10 Å². The molecule has 6 heteroatoms. The van der Waals surface area contributed by atoms with Gasteiger partial charge in [-0.25, -0.2) is 15.8 Å². The predicted octanol–water partition coefficient (Wildman–Crippen LogP) is 1.64. The maximum absolute atomic E-state index is 5.69. The fourth-order valence-corrected chi connectivity index (χ4v) is 2.50. The van der Waals surface area contributed by atoms with Crippen LogP contribution in [0.3, 0.4) is 0 Å². The molecule has 3 N–H and O–H groups in total. The monoisotopic (exact) mass is 279 g/mol. The summed E-state index contributed by atoms with van der Waals surface area (Å²) < 4.78 is 5.69. The van der Waals surface area contributed by atoms with Crippen molar-refractivity contribution in [2.75, 3.05) is 23.5 Å². The van der Waals surface area contributed by atoms with Crippen LogP contribution in [-0.4, -0.2) is 35.3 Å². The average molecular weight is 279 g/mol. The first-order valence-corrected chi connectivity index (χ1v) is 7.29. The van der Waals surface area contributed by atoms with E-state index < -0.39 is 0 Å². The number of morpholine rings is 1. The first-order chi connectivity index (χ1) is 9.56. The highest BCUT2D eigenvalue weighted by atomic mass is 16.5. The van der Waals surface area contributed by atoms with Gasteiger partial charge >= 0.3 is 0 Å². The minimum absolute atomic E-state index is 0.212. The van der Waals surface area contributed by atoms with Crippen LogP contribution in [0.25, 0.3) is 0 Å². The molecule has 2 atom stereocenters. The lowest BCUT2D eigenvalue weighted by atomic mass is 10.1. The number of hydrazine groups is 1. The second-order valence-corrected chi connectivity index (χ2v) is 5.48. The molecule has 1 aromatic rings. The molecule has 0 spiro atoms. The molecular weight excluding hydrogens is 254 g/mol. The molecule has 1 aliphatic rings. The van der Waals surface area contributed by atoms with E-state index in [4.69, 9.17) is 15.6 Å². The fraction of sp³-hybridized carbons (Fsp3) is 0.714. The lowest BCUT2D eigenvalue weighted by molar-refractivity contribution is 0.0340. The van der Waals surface area contributed by atoms with Crippen LogP contribution in [0.2, 0.25) is 0 Å². The minimum Gasteiger partial charge on any atom is -0.375 e. The fourth-order valence-electron chi connectivity index (χ4n) is 2.50. The van der Waals surface area contributed by atoms with Gasteiger partial charge in [-0.15, -0.1) is 0 Å². The third kappa shape index (κ3) is 3.02. The van der Waals surface area contributed by atoms with Crippen molar-refractivity contribution >= 4 is 11.6 Å². The molecule has 1 fully saturated rings. The van der Waals surface area contributed by atoms with Crippen molar-refractivity contribution in [3.8, 4) is 0 Å². The van der Waals surface area contributed by atoms with Gasteiger partial charge in [0, 0.05) is 18.5 Å². The highest BCUT2D eigenvalue weighted by molar-refractivity contribution is 5.59. The second kappa shape index (κ2) is 6.37. The molecule has 1 aliphatic heterocycles. The quantitative estimate of drug-likeness (QED) is 0.644. The molecule has 112 valence electrons. The molecular formula is C14H25N5O. The van der Waals surface area contributed by atoms with Gasteiger partial charge in [-0.1, -0.05) is 6.92 Å². The smallest absolute Gasteiger partial charge is 0.148 e. The van der Waals surface area contributed by atoms with E-state index in [1.807, 2.05) is 6.92 Å². The SMILES string of the molecule is CCCc1nc(NN)c(C)c(N2CC(C)OCC2C)n1. The number of hydrogen-bond donors (Lipinski definition) is 2. The Kier molecular flexibility index (Phi) is 4.77. The normalized spacial score (nSPS) is 22.9. The summed E-state index contributed by atoms with van der Waals surface area (Å²) in [6.07, 6.45) is 2.09. The van der Waals surface area contributed by atoms with Crippen LogP contribution in [0, 0.1) is 6.92 Å². The van der Waals surface area contributed by atoms with Crippen molar-refractivity contribution in [1.82, 2.24) is 9.97 Å². The third-order valence-corrected chi connectivity index (χ3v) is 3.66. The Bertz CT molecular complexity index is 465. The number of hydrogen-bond acceptors (Lipinski definition) is 6. The summed E-state index contributed by atoms with van der Waals surface area (Å²) in [5.41, 5.74) is 3.68. The summed E-state index contributed by atoms with van der Waals surface area (Å²) in [5, 5.41) is 0. The maximum Gasteiger partial charge on any atom is 0.148 e. The zero-order valence-electron chi connectivity index (χ0n) is 12.8. The van der Waals surface area contributed by atoms with Gasteiger partial charge in [-0.2, -0.15) is 0 Å². The molecule has 1 saturated heterocycles. The van der Waals surface area contributed by atoms with Crippen LogP contribution in [-0.2, 0) is 11.2 Å². The van der Waals surface area contributed by atoms with Gasteiger partial charge in [0.2, 0.25) is 0 Å². The van der Waals surface area contributed by atoms with E-state index in [0.29, 0.717) is 11.9 Å². The van der Waals surface area contributed by atoms with Crippen molar-refractivity contribution in [1.29, 1.82) is 0 Å². The van der Waals surface area contributed by atoms with Gasteiger partial charge in [0.25, 0.3) is 0 Å². The Morgan fingerprint density at radius 2 is 2.15 bits per heavy atom. The molecule has 20 heavy (non-hydrogen) atoms.